The molecule has 0 saturated carbocycles. The van der Waals surface area contributed by atoms with Crippen molar-refractivity contribution in [2.75, 3.05) is 25.5 Å². The lowest BCUT2D eigenvalue weighted by molar-refractivity contribution is -0.121. The number of nitrogens with one attached hydrogen (secondary N) is 1. The van der Waals surface area contributed by atoms with Gasteiger partial charge in [-0.3, -0.25) is 18.5 Å². The molecular weight excluding hydrogens is 758 g/mol. The van der Waals surface area contributed by atoms with E-state index >= 15 is 0 Å². The van der Waals surface area contributed by atoms with Crippen molar-refractivity contribution < 1.29 is 32.9 Å². The molecule has 15 nitrogen and oxygen atoms in total. The number of aromatic nitrogens is 4. The SMILES string of the molecule is C=CCCC(=O)NCCCCCCCCCCOc1ccc(C(=O)Oc2ccc(CSP(=O)(N=O)OC[C@@H]3CC[C@H](n4cnc5c(N)ncnc54)O3)cc2)cc1. The first kappa shape index (κ1) is 42.5. The van der Waals surface area contributed by atoms with E-state index in [0.717, 1.165) is 62.0 Å². The number of carbonyl (C=O) groups excluding carboxylic acids is 2. The second-order valence-electron chi connectivity index (χ2n) is 13.4. The van der Waals surface area contributed by atoms with Gasteiger partial charge in [-0.15, -0.1) is 11.5 Å². The maximum absolute atomic E-state index is 13.1. The van der Waals surface area contributed by atoms with E-state index in [0.29, 0.717) is 54.1 Å². The van der Waals surface area contributed by atoms with Gasteiger partial charge in [-0.2, -0.15) is 0 Å². The molecule has 1 saturated heterocycles. The molecule has 2 aromatic carbocycles. The minimum absolute atomic E-state index is 0.0674. The number of fused-ring (bicyclic) bond motifs is 1. The van der Waals surface area contributed by atoms with Gasteiger partial charge in [-0.05, 0) is 85.4 Å². The molecule has 1 amide bonds. The number of rotatable bonds is 25. The topological polar surface area (TPSA) is 199 Å². The van der Waals surface area contributed by atoms with Crippen LogP contribution in [0.1, 0.15) is 99.2 Å². The molecule has 1 unspecified atom stereocenters. The number of unbranched alkanes of at least 4 members (excludes halogenated alkanes) is 7. The number of nitroso groups, excluding NO2 is 1. The normalized spacial score (nSPS) is 16.3. The number of anilines is 1. The molecule has 0 spiro atoms. The van der Waals surface area contributed by atoms with Crippen molar-refractivity contribution >= 4 is 47.0 Å². The van der Waals surface area contributed by atoms with Crippen LogP contribution < -0.4 is 20.5 Å². The Balaban J connectivity index is 0.930. The van der Waals surface area contributed by atoms with E-state index in [4.69, 9.17) is 24.5 Å². The van der Waals surface area contributed by atoms with E-state index in [9.17, 15) is 19.1 Å². The van der Waals surface area contributed by atoms with Crippen LogP contribution in [-0.4, -0.2) is 57.3 Å². The second-order valence-corrected chi connectivity index (χ2v) is 17.5. The summed E-state index contributed by atoms with van der Waals surface area (Å²) in [6.45, 7) is 1.02. The minimum atomic E-state index is -3.90. The Hall–Kier alpha value is -4.63. The summed E-state index contributed by atoms with van der Waals surface area (Å²) < 4.78 is 37.8. The first-order valence-electron chi connectivity index (χ1n) is 19.0. The number of ether oxygens (including phenoxy) is 3. The Morgan fingerprint density at radius 1 is 0.982 bits per heavy atom. The number of imidazole rings is 1. The number of nitrogens with zero attached hydrogens (tertiary/aromatic N) is 5. The van der Waals surface area contributed by atoms with Crippen LogP contribution >= 0.6 is 18.1 Å². The van der Waals surface area contributed by atoms with Crippen molar-refractivity contribution in [2.45, 2.75) is 95.1 Å². The Morgan fingerprint density at radius 3 is 2.43 bits per heavy atom. The molecule has 0 bridgehead atoms. The van der Waals surface area contributed by atoms with Crippen molar-refractivity contribution in [2.24, 2.45) is 4.95 Å². The standard InChI is InChI=1S/C39H50N7O8PS/c1-2-3-12-34(47)41-23-10-8-6-4-5-7-9-11-24-51-31-19-15-30(16-20-31)39(48)54-32-17-13-29(14-18-32)26-56-55(50,45-49)52-25-33-21-22-35(53-33)46-28-44-36-37(40)42-27-43-38(36)46/h2,13-20,27-28,33,35H,1,3-12,21-26H2,(H,41,47)(H2,40,42,43)/t33-,35+,55?/m0/s1. The zero-order valence-corrected chi connectivity index (χ0v) is 33.2. The first-order valence-corrected chi connectivity index (χ1v) is 22.2. The third kappa shape index (κ3) is 13.2. The van der Waals surface area contributed by atoms with E-state index in [-0.39, 0.29) is 30.3 Å². The highest BCUT2D eigenvalue weighted by Crippen LogP contribution is 2.62. The zero-order valence-electron chi connectivity index (χ0n) is 31.5. The summed E-state index contributed by atoms with van der Waals surface area (Å²) in [7, 11) is 0. The Bertz CT molecular complexity index is 1930. The fourth-order valence-corrected chi connectivity index (χ4v) is 8.56. The molecule has 300 valence electrons. The lowest BCUT2D eigenvalue weighted by Crippen LogP contribution is -2.23. The van der Waals surface area contributed by atoms with E-state index in [1.54, 1.807) is 65.5 Å². The van der Waals surface area contributed by atoms with Gasteiger partial charge in [0.25, 0.3) is 0 Å². The second kappa shape index (κ2) is 22.2. The van der Waals surface area contributed by atoms with Gasteiger partial charge in [0.05, 0.1) is 31.2 Å². The summed E-state index contributed by atoms with van der Waals surface area (Å²) in [5.41, 5.74) is 8.04. The summed E-state index contributed by atoms with van der Waals surface area (Å²) in [4.78, 5) is 51.2. The largest absolute Gasteiger partial charge is 0.494 e. The number of nitrogens with two attached hydrogens (primary N) is 1. The molecule has 1 fully saturated rings. The smallest absolute Gasteiger partial charge is 0.409 e. The summed E-state index contributed by atoms with van der Waals surface area (Å²) in [5.74, 6) is 1.09. The highest BCUT2D eigenvalue weighted by Gasteiger charge is 2.33. The number of esters is 1. The molecule has 17 heteroatoms. The Labute approximate surface area is 330 Å². The van der Waals surface area contributed by atoms with Crippen molar-refractivity contribution in [1.29, 1.82) is 0 Å². The highest BCUT2D eigenvalue weighted by molar-refractivity contribution is 8.55. The van der Waals surface area contributed by atoms with Crippen LogP contribution in [0.2, 0.25) is 0 Å². The molecule has 3 heterocycles. The van der Waals surface area contributed by atoms with E-state index in [1.165, 1.54) is 25.6 Å². The predicted octanol–water partition coefficient (Wildman–Crippen LogP) is 8.71. The van der Waals surface area contributed by atoms with Crippen LogP contribution in [0, 0.1) is 4.91 Å². The average molecular weight is 808 g/mol. The first-order chi connectivity index (χ1) is 27.3. The number of benzene rings is 2. The fourth-order valence-electron chi connectivity index (χ4n) is 6.05. The summed E-state index contributed by atoms with van der Waals surface area (Å²) in [5, 5.41) is 2.95. The molecule has 0 radical (unpaired) electrons. The van der Waals surface area contributed by atoms with Gasteiger partial charge in [0, 0.05) is 23.7 Å². The van der Waals surface area contributed by atoms with Crippen molar-refractivity contribution in [3.05, 3.63) is 89.9 Å². The summed E-state index contributed by atoms with van der Waals surface area (Å²) in [6, 6.07) is 13.5. The third-order valence-corrected chi connectivity index (χ3v) is 12.5. The van der Waals surface area contributed by atoms with Crippen molar-refractivity contribution in [3.63, 3.8) is 0 Å². The van der Waals surface area contributed by atoms with Crippen LogP contribution in [0.15, 0.2) is 78.8 Å². The molecule has 4 aromatic rings. The maximum Gasteiger partial charge on any atom is 0.409 e. The van der Waals surface area contributed by atoms with Crippen LogP contribution in [0.4, 0.5) is 5.82 Å². The molecule has 3 N–H and O–H groups in total. The fraction of sp³-hybridized carbons (Fsp3) is 0.462. The van der Waals surface area contributed by atoms with Gasteiger partial charge in [0.2, 0.25) is 5.91 Å². The highest BCUT2D eigenvalue weighted by atomic mass is 32.7. The molecule has 1 aliphatic rings. The molecule has 0 aliphatic carbocycles. The lowest BCUT2D eigenvalue weighted by Gasteiger charge is -2.16. The summed E-state index contributed by atoms with van der Waals surface area (Å²) in [6.07, 6.45) is 15.4. The molecule has 56 heavy (non-hydrogen) atoms. The third-order valence-electron chi connectivity index (χ3n) is 9.16. The van der Waals surface area contributed by atoms with Gasteiger partial charge in [0.1, 0.15) is 29.6 Å². The molecule has 5 rings (SSSR count). The van der Waals surface area contributed by atoms with Crippen LogP contribution in [0.3, 0.4) is 0 Å². The van der Waals surface area contributed by atoms with Crippen molar-refractivity contribution in [1.82, 2.24) is 24.8 Å². The Morgan fingerprint density at radius 2 is 1.70 bits per heavy atom. The maximum atomic E-state index is 13.1. The number of hydrogen-bond acceptors (Lipinski definition) is 13. The molecular formula is C39H50N7O8PS. The predicted molar refractivity (Wildman–Crippen MR) is 216 cm³/mol. The Kier molecular flexibility index (Phi) is 16.9. The number of hydrogen-bond donors (Lipinski definition) is 2. The average Bonchev–Trinajstić information content (AvgIpc) is 3.88. The van der Waals surface area contributed by atoms with Gasteiger partial charge in [-0.1, -0.05) is 56.7 Å². The van der Waals surface area contributed by atoms with E-state index in [2.05, 4.69) is 31.8 Å². The van der Waals surface area contributed by atoms with Gasteiger partial charge >= 0.3 is 12.7 Å². The van der Waals surface area contributed by atoms with Gasteiger partial charge in [0.15, 0.2) is 11.5 Å². The number of carbonyl (C=O) groups is 2. The van der Waals surface area contributed by atoms with E-state index < -0.39 is 18.8 Å². The molecule has 2 aromatic heterocycles. The molecule has 3 atom stereocenters. The van der Waals surface area contributed by atoms with Gasteiger partial charge in [-0.25, -0.2) is 19.7 Å². The monoisotopic (exact) mass is 807 g/mol. The van der Waals surface area contributed by atoms with Crippen LogP contribution in [0.25, 0.3) is 11.2 Å². The number of allylic oxidation sites excluding steroid dienone is 1. The van der Waals surface area contributed by atoms with Crippen LogP contribution in [0.5, 0.6) is 11.5 Å². The number of nitrogen functional groups attached to an aromatic ring is 1. The summed E-state index contributed by atoms with van der Waals surface area (Å²) >= 11 is 0.818. The van der Waals surface area contributed by atoms with E-state index in [1.807, 2.05) is 0 Å². The molecule has 1 aliphatic heterocycles. The zero-order chi connectivity index (χ0) is 39.6. The minimum Gasteiger partial charge on any atom is -0.494 e. The lowest BCUT2D eigenvalue weighted by atomic mass is 10.1. The quantitative estimate of drug-likeness (QED) is 0.0161. The van der Waals surface area contributed by atoms with Crippen LogP contribution in [-0.2, 0) is 24.4 Å². The van der Waals surface area contributed by atoms with Crippen molar-refractivity contribution in [3.8, 4) is 11.5 Å². The number of amides is 1. The van der Waals surface area contributed by atoms with Gasteiger partial charge < -0.3 is 25.3 Å².